The van der Waals surface area contributed by atoms with Crippen LogP contribution in [0.15, 0.2) is 12.4 Å². The van der Waals surface area contributed by atoms with Crippen LogP contribution in [0.5, 0.6) is 0 Å². The minimum atomic E-state index is 0.605. The molecule has 1 aromatic heterocycles. The van der Waals surface area contributed by atoms with Crippen LogP contribution >= 0.6 is 0 Å². The fourth-order valence-corrected chi connectivity index (χ4v) is 1.95. The predicted octanol–water partition coefficient (Wildman–Crippen LogP) is 0.746. The second kappa shape index (κ2) is 4.55. The molecule has 2 rings (SSSR count). The highest BCUT2D eigenvalue weighted by Crippen LogP contribution is 2.18. The zero-order chi connectivity index (χ0) is 10.7. The van der Waals surface area contributed by atoms with Crippen molar-refractivity contribution in [3.05, 3.63) is 18.1 Å². The Bertz CT molecular complexity index is 310. The maximum Gasteiger partial charge on any atom is 0.158 e. The molecule has 0 saturated carbocycles. The summed E-state index contributed by atoms with van der Waals surface area (Å²) in [6, 6.07) is 0.666. The first kappa shape index (κ1) is 10.3. The number of nitrogens with one attached hydrogen (secondary N) is 1. The second-order valence-corrected chi connectivity index (χ2v) is 4.00. The third kappa shape index (κ3) is 2.43. The van der Waals surface area contributed by atoms with Crippen molar-refractivity contribution in [3.63, 3.8) is 0 Å². The van der Waals surface area contributed by atoms with Crippen molar-refractivity contribution in [1.82, 2.24) is 14.9 Å². The van der Waals surface area contributed by atoms with Gasteiger partial charge < -0.3 is 5.43 Å². The number of rotatable bonds is 3. The minimum Gasteiger partial charge on any atom is -0.307 e. The van der Waals surface area contributed by atoms with E-state index in [9.17, 15) is 0 Å². The zero-order valence-electron chi connectivity index (χ0n) is 8.98. The molecule has 1 aliphatic heterocycles. The summed E-state index contributed by atoms with van der Waals surface area (Å²) in [7, 11) is 0. The summed E-state index contributed by atoms with van der Waals surface area (Å²) in [5, 5.41) is 0. The van der Waals surface area contributed by atoms with E-state index in [2.05, 4.69) is 27.2 Å². The number of hydrogen-bond donors (Lipinski definition) is 2. The molecule has 82 valence electrons. The molecule has 15 heavy (non-hydrogen) atoms. The molecule has 0 bridgehead atoms. The van der Waals surface area contributed by atoms with Gasteiger partial charge in [-0.25, -0.2) is 10.8 Å². The van der Waals surface area contributed by atoms with Crippen molar-refractivity contribution in [1.29, 1.82) is 0 Å². The Balaban J connectivity index is 1.98. The van der Waals surface area contributed by atoms with E-state index in [1.807, 2.05) is 0 Å². The molecule has 0 aliphatic carbocycles. The van der Waals surface area contributed by atoms with Crippen LogP contribution in [0.25, 0.3) is 0 Å². The van der Waals surface area contributed by atoms with Crippen LogP contribution in [-0.4, -0.2) is 27.5 Å². The number of aromatic nitrogens is 2. The quantitative estimate of drug-likeness (QED) is 0.565. The van der Waals surface area contributed by atoms with Crippen molar-refractivity contribution in [2.45, 2.75) is 32.4 Å². The largest absolute Gasteiger partial charge is 0.307 e. The lowest BCUT2D eigenvalue weighted by Gasteiger charge is -2.19. The van der Waals surface area contributed by atoms with Crippen LogP contribution in [0.2, 0.25) is 0 Å². The van der Waals surface area contributed by atoms with Gasteiger partial charge in [-0.05, 0) is 26.3 Å². The summed E-state index contributed by atoms with van der Waals surface area (Å²) in [4.78, 5) is 10.9. The molecule has 3 N–H and O–H groups in total. The van der Waals surface area contributed by atoms with Crippen molar-refractivity contribution < 1.29 is 0 Å². The molecule has 1 unspecified atom stereocenters. The zero-order valence-corrected chi connectivity index (χ0v) is 8.98. The number of hydrogen-bond acceptors (Lipinski definition) is 5. The van der Waals surface area contributed by atoms with Crippen molar-refractivity contribution >= 4 is 5.82 Å². The lowest BCUT2D eigenvalue weighted by Crippen LogP contribution is -2.26. The van der Waals surface area contributed by atoms with E-state index in [0.29, 0.717) is 11.9 Å². The first-order valence-electron chi connectivity index (χ1n) is 5.31. The Hall–Kier alpha value is -1.20. The summed E-state index contributed by atoms with van der Waals surface area (Å²) in [6.07, 6.45) is 6.02. The van der Waals surface area contributed by atoms with E-state index in [4.69, 9.17) is 5.84 Å². The molecular weight excluding hydrogens is 190 g/mol. The molecule has 0 amide bonds. The minimum absolute atomic E-state index is 0.605. The normalized spacial score (nSPS) is 21.9. The Morgan fingerprint density at radius 3 is 2.93 bits per heavy atom. The lowest BCUT2D eigenvalue weighted by molar-refractivity contribution is 0.257. The highest BCUT2D eigenvalue weighted by molar-refractivity contribution is 5.28. The van der Waals surface area contributed by atoms with Gasteiger partial charge in [-0.15, -0.1) is 0 Å². The number of hydrazine groups is 1. The molecule has 1 fully saturated rings. The Labute approximate surface area is 89.7 Å². The molecular formula is C10H17N5. The highest BCUT2D eigenvalue weighted by Gasteiger charge is 2.20. The Morgan fingerprint density at radius 2 is 2.40 bits per heavy atom. The molecule has 5 heteroatoms. The van der Waals surface area contributed by atoms with Gasteiger partial charge in [0.2, 0.25) is 0 Å². The molecule has 0 radical (unpaired) electrons. The van der Waals surface area contributed by atoms with E-state index in [-0.39, 0.29) is 0 Å². The van der Waals surface area contributed by atoms with Crippen LogP contribution in [0, 0.1) is 0 Å². The van der Waals surface area contributed by atoms with E-state index >= 15 is 0 Å². The SMILES string of the molecule is CC1CCCN1Cc1cnc(NN)cn1. The predicted molar refractivity (Wildman–Crippen MR) is 58.9 cm³/mol. The van der Waals surface area contributed by atoms with E-state index < -0.39 is 0 Å². The van der Waals surface area contributed by atoms with Crippen molar-refractivity contribution in [2.24, 2.45) is 5.84 Å². The first-order valence-corrected chi connectivity index (χ1v) is 5.31. The number of anilines is 1. The van der Waals surface area contributed by atoms with Crippen molar-refractivity contribution in [2.75, 3.05) is 12.0 Å². The number of nitrogens with two attached hydrogens (primary N) is 1. The summed E-state index contributed by atoms with van der Waals surface area (Å²) in [5.41, 5.74) is 3.47. The summed E-state index contributed by atoms with van der Waals surface area (Å²) >= 11 is 0. The van der Waals surface area contributed by atoms with Gasteiger partial charge in [0, 0.05) is 12.6 Å². The highest BCUT2D eigenvalue weighted by atomic mass is 15.3. The average molecular weight is 207 g/mol. The topological polar surface area (TPSA) is 67.1 Å². The monoisotopic (exact) mass is 207 g/mol. The lowest BCUT2D eigenvalue weighted by atomic mass is 10.2. The summed E-state index contributed by atoms with van der Waals surface area (Å²) < 4.78 is 0. The van der Waals surface area contributed by atoms with E-state index in [0.717, 1.165) is 12.2 Å². The van der Waals surface area contributed by atoms with E-state index in [1.165, 1.54) is 19.4 Å². The van der Waals surface area contributed by atoms with Gasteiger partial charge in [-0.3, -0.25) is 9.88 Å². The van der Waals surface area contributed by atoms with Gasteiger partial charge in [-0.1, -0.05) is 0 Å². The molecule has 0 aromatic carbocycles. The average Bonchev–Trinajstić information content (AvgIpc) is 2.66. The second-order valence-electron chi connectivity index (χ2n) is 4.00. The molecule has 2 heterocycles. The molecule has 1 saturated heterocycles. The van der Waals surface area contributed by atoms with Gasteiger partial charge in [0.25, 0.3) is 0 Å². The number of likely N-dealkylation sites (tertiary alicyclic amines) is 1. The summed E-state index contributed by atoms with van der Waals surface area (Å²) in [5.74, 6) is 5.83. The number of nitrogen functional groups attached to an aromatic ring is 1. The van der Waals surface area contributed by atoms with Crippen molar-refractivity contribution in [3.8, 4) is 0 Å². The van der Waals surface area contributed by atoms with Crippen LogP contribution < -0.4 is 11.3 Å². The number of nitrogens with zero attached hydrogens (tertiary/aromatic N) is 3. The Kier molecular flexibility index (Phi) is 3.13. The standard InChI is InChI=1S/C10H17N5/c1-8-3-2-4-15(8)7-9-5-13-10(14-11)6-12-9/h5-6,8H,2-4,7,11H2,1H3,(H,13,14). The molecule has 5 nitrogen and oxygen atoms in total. The van der Waals surface area contributed by atoms with Gasteiger partial charge in [0.1, 0.15) is 0 Å². The van der Waals surface area contributed by atoms with Crippen LogP contribution in [-0.2, 0) is 6.54 Å². The van der Waals surface area contributed by atoms with Crippen LogP contribution in [0.4, 0.5) is 5.82 Å². The van der Waals surface area contributed by atoms with Gasteiger partial charge >= 0.3 is 0 Å². The van der Waals surface area contributed by atoms with Gasteiger partial charge in [0.05, 0.1) is 18.1 Å². The first-order chi connectivity index (χ1) is 7.29. The Morgan fingerprint density at radius 1 is 1.53 bits per heavy atom. The third-order valence-electron chi connectivity index (χ3n) is 2.91. The fraction of sp³-hybridized carbons (Fsp3) is 0.600. The van der Waals surface area contributed by atoms with Crippen LogP contribution in [0.3, 0.4) is 0 Å². The molecule has 1 aliphatic rings. The van der Waals surface area contributed by atoms with E-state index in [1.54, 1.807) is 12.4 Å². The third-order valence-corrected chi connectivity index (χ3v) is 2.91. The molecule has 1 aromatic rings. The molecule has 0 spiro atoms. The van der Waals surface area contributed by atoms with Crippen LogP contribution in [0.1, 0.15) is 25.5 Å². The maximum atomic E-state index is 5.22. The summed E-state index contributed by atoms with van der Waals surface area (Å²) in [6.45, 7) is 4.31. The van der Waals surface area contributed by atoms with Gasteiger partial charge in [-0.2, -0.15) is 0 Å². The van der Waals surface area contributed by atoms with Gasteiger partial charge in [0.15, 0.2) is 5.82 Å². The molecule has 1 atom stereocenters. The fourth-order valence-electron chi connectivity index (χ4n) is 1.95. The maximum absolute atomic E-state index is 5.22. The smallest absolute Gasteiger partial charge is 0.158 e.